The fourth-order valence-corrected chi connectivity index (χ4v) is 3.16. The lowest BCUT2D eigenvalue weighted by Gasteiger charge is -2.20. The van der Waals surface area contributed by atoms with Crippen molar-refractivity contribution >= 4 is 22.4 Å². The van der Waals surface area contributed by atoms with Crippen LogP contribution in [-0.2, 0) is 11.3 Å². The van der Waals surface area contributed by atoms with Gasteiger partial charge in [-0.1, -0.05) is 24.3 Å². The molecule has 106 valence electrons. The summed E-state index contributed by atoms with van der Waals surface area (Å²) in [5, 5.41) is 8.15. The van der Waals surface area contributed by atoms with Gasteiger partial charge in [-0.05, 0) is 18.8 Å². The number of nitrogens with zero attached hydrogens (tertiary/aromatic N) is 3. The highest BCUT2D eigenvalue weighted by atomic mass is 32.1. The summed E-state index contributed by atoms with van der Waals surface area (Å²) in [5.74, 6) is 0.963. The molecule has 2 rings (SSSR count). The largest absolute Gasteiger partial charge is 0.377 e. The van der Waals surface area contributed by atoms with E-state index >= 15 is 0 Å². The summed E-state index contributed by atoms with van der Waals surface area (Å²) in [5.41, 5.74) is 0.884. The summed E-state index contributed by atoms with van der Waals surface area (Å²) in [6.45, 7) is 3.65. The molecule has 1 aromatic heterocycles. The SMILES string of the molecule is CCCC1CCC(=O)N(Cc2nnsc2NC)CC1. The molecule has 0 bridgehead atoms. The van der Waals surface area contributed by atoms with Crippen molar-refractivity contribution in [3.05, 3.63) is 5.69 Å². The average Bonchev–Trinajstić information content (AvgIpc) is 2.79. The number of anilines is 1. The Morgan fingerprint density at radius 1 is 1.47 bits per heavy atom. The van der Waals surface area contributed by atoms with Crippen molar-refractivity contribution in [2.45, 2.75) is 45.6 Å². The number of amides is 1. The van der Waals surface area contributed by atoms with E-state index in [1.54, 1.807) is 0 Å². The molecule has 5 nitrogen and oxygen atoms in total. The first-order valence-corrected chi connectivity index (χ1v) is 7.78. The van der Waals surface area contributed by atoms with Gasteiger partial charge in [-0.15, -0.1) is 5.10 Å². The molecule has 1 aromatic rings. The van der Waals surface area contributed by atoms with Crippen LogP contribution in [0.3, 0.4) is 0 Å². The lowest BCUT2D eigenvalue weighted by Crippen LogP contribution is -2.30. The first-order chi connectivity index (χ1) is 9.24. The van der Waals surface area contributed by atoms with E-state index in [2.05, 4.69) is 21.8 Å². The minimum Gasteiger partial charge on any atom is -0.377 e. The van der Waals surface area contributed by atoms with Crippen molar-refractivity contribution in [2.24, 2.45) is 5.92 Å². The van der Waals surface area contributed by atoms with Crippen LogP contribution in [0.1, 0.15) is 44.7 Å². The molecule has 1 aliphatic rings. The van der Waals surface area contributed by atoms with Crippen molar-refractivity contribution < 1.29 is 4.79 Å². The maximum absolute atomic E-state index is 12.2. The molecule has 2 heterocycles. The molecule has 1 N–H and O–H groups in total. The van der Waals surface area contributed by atoms with Crippen LogP contribution in [0.5, 0.6) is 0 Å². The van der Waals surface area contributed by atoms with Gasteiger partial charge in [0, 0.05) is 31.5 Å². The molecule has 1 saturated heterocycles. The Morgan fingerprint density at radius 3 is 3.05 bits per heavy atom. The Bertz CT molecular complexity index is 421. The Morgan fingerprint density at radius 2 is 2.32 bits per heavy atom. The summed E-state index contributed by atoms with van der Waals surface area (Å²) in [6, 6.07) is 0. The highest BCUT2D eigenvalue weighted by Gasteiger charge is 2.23. The van der Waals surface area contributed by atoms with E-state index in [1.807, 2.05) is 11.9 Å². The molecule has 0 aromatic carbocycles. The summed E-state index contributed by atoms with van der Waals surface area (Å²) in [4.78, 5) is 14.1. The zero-order valence-corrected chi connectivity index (χ0v) is 12.5. The molecule has 0 spiro atoms. The van der Waals surface area contributed by atoms with Crippen molar-refractivity contribution in [1.82, 2.24) is 14.5 Å². The molecule has 1 atom stereocenters. The number of carbonyl (C=O) groups is 1. The fraction of sp³-hybridized carbons (Fsp3) is 0.769. The van der Waals surface area contributed by atoms with E-state index < -0.39 is 0 Å². The van der Waals surface area contributed by atoms with Gasteiger partial charge >= 0.3 is 0 Å². The monoisotopic (exact) mass is 282 g/mol. The van der Waals surface area contributed by atoms with Gasteiger partial charge in [-0.3, -0.25) is 4.79 Å². The second-order valence-corrected chi connectivity index (χ2v) is 5.85. The lowest BCUT2D eigenvalue weighted by atomic mass is 9.96. The minimum atomic E-state index is 0.258. The van der Waals surface area contributed by atoms with E-state index in [9.17, 15) is 4.79 Å². The molecule has 1 aliphatic heterocycles. The van der Waals surface area contributed by atoms with Crippen LogP contribution in [0.2, 0.25) is 0 Å². The van der Waals surface area contributed by atoms with Crippen LogP contribution >= 0.6 is 11.5 Å². The van der Waals surface area contributed by atoms with E-state index in [0.29, 0.717) is 18.9 Å². The molecule has 0 radical (unpaired) electrons. The average molecular weight is 282 g/mol. The number of aromatic nitrogens is 2. The molecular weight excluding hydrogens is 260 g/mol. The predicted molar refractivity (Wildman–Crippen MR) is 77.1 cm³/mol. The molecule has 1 amide bonds. The van der Waals surface area contributed by atoms with Crippen molar-refractivity contribution in [3.63, 3.8) is 0 Å². The van der Waals surface area contributed by atoms with E-state index in [4.69, 9.17) is 0 Å². The van der Waals surface area contributed by atoms with Gasteiger partial charge in [0.15, 0.2) is 0 Å². The summed E-state index contributed by atoms with van der Waals surface area (Å²) in [7, 11) is 1.86. The second kappa shape index (κ2) is 6.84. The van der Waals surface area contributed by atoms with Crippen LogP contribution in [0, 0.1) is 5.92 Å². The highest BCUT2D eigenvalue weighted by molar-refractivity contribution is 7.10. The predicted octanol–water partition coefficient (Wildman–Crippen LogP) is 2.51. The summed E-state index contributed by atoms with van der Waals surface area (Å²) in [6.07, 6.45) is 5.28. The standard InChI is InChI=1S/C13H22N4OS/c1-3-4-10-5-6-12(18)17(8-7-10)9-11-13(14-2)19-16-15-11/h10,14H,3-9H2,1-2H3. The quantitative estimate of drug-likeness (QED) is 0.901. The summed E-state index contributed by atoms with van der Waals surface area (Å²) >= 11 is 1.34. The number of hydrogen-bond acceptors (Lipinski definition) is 5. The first-order valence-electron chi connectivity index (χ1n) is 7.01. The number of nitrogens with one attached hydrogen (secondary N) is 1. The fourth-order valence-electron chi connectivity index (χ4n) is 2.64. The number of carbonyl (C=O) groups excluding carboxylic acids is 1. The van der Waals surface area contributed by atoms with E-state index in [0.717, 1.165) is 30.1 Å². The zero-order chi connectivity index (χ0) is 13.7. The van der Waals surface area contributed by atoms with Crippen LogP contribution in [0.25, 0.3) is 0 Å². The van der Waals surface area contributed by atoms with Gasteiger partial charge in [0.1, 0.15) is 10.7 Å². The third-order valence-electron chi connectivity index (χ3n) is 3.75. The van der Waals surface area contributed by atoms with Gasteiger partial charge in [-0.25, -0.2) is 0 Å². The lowest BCUT2D eigenvalue weighted by molar-refractivity contribution is -0.131. The molecule has 1 unspecified atom stereocenters. The maximum atomic E-state index is 12.2. The molecule has 0 saturated carbocycles. The molecule has 0 aliphatic carbocycles. The third-order valence-corrected chi connectivity index (χ3v) is 4.53. The van der Waals surface area contributed by atoms with Crippen molar-refractivity contribution in [1.29, 1.82) is 0 Å². The molecular formula is C13H22N4OS. The van der Waals surface area contributed by atoms with Crippen molar-refractivity contribution in [2.75, 3.05) is 18.9 Å². The number of hydrogen-bond donors (Lipinski definition) is 1. The highest BCUT2D eigenvalue weighted by Crippen LogP contribution is 2.25. The molecule has 19 heavy (non-hydrogen) atoms. The maximum Gasteiger partial charge on any atom is 0.222 e. The van der Waals surface area contributed by atoms with Gasteiger partial charge in [0.25, 0.3) is 0 Å². The van der Waals surface area contributed by atoms with Gasteiger partial charge in [0.05, 0.1) is 6.54 Å². The van der Waals surface area contributed by atoms with Gasteiger partial charge in [0.2, 0.25) is 5.91 Å². The van der Waals surface area contributed by atoms with Gasteiger partial charge in [-0.2, -0.15) is 0 Å². The minimum absolute atomic E-state index is 0.258. The van der Waals surface area contributed by atoms with Crippen LogP contribution < -0.4 is 5.32 Å². The topological polar surface area (TPSA) is 58.1 Å². The van der Waals surface area contributed by atoms with Crippen LogP contribution in [0.4, 0.5) is 5.00 Å². The molecule has 6 heteroatoms. The smallest absolute Gasteiger partial charge is 0.222 e. The van der Waals surface area contributed by atoms with Gasteiger partial charge < -0.3 is 10.2 Å². The zero-order valence-electron chi connectivity index (χ0n) is 11.7. The van der Waals surface area contributed by atoms with Crippen LogP contribution in [0.15, 0.2) is 0 Å². The van der Waals surface area contributed by atoms with E-state index in [-0.39, 0.29) is 5.91 Å². The van der Waals surface area contributed by atoms with E-state index in [1.165, 1.54) is 24.4 Å². The second-order valence-electron chi connectivity index (χ2n) is 5.10. The normalized spacial score (nSPS) is 20.4. The molecule has 1 fully saturated rings. The Kier molecular flexibility index (Phi) is 5.13. The Labute approximate surface area is 118 Å². The Hall–Kier alpha value is -1.17. The first kappa shape index (κ1) is 14.2. The van der Waals surface area contributed by atoms with Crippen LogP contribution in [-0.4, -0.2) is 34.0 Å². The van der Waals surface area contributed by atoms with Crippen molar-refractivity contribution in [3.8, 4) is 0 Å². The number of likely N-dealkylation sites (tertiary alicyclic amines) is 1. The third kappa shape index (κ3) is 3.65. The number of rotatable bonds is 5. The Balaban J connectivity index is 1.98. The summed E-state index contributed by atoms with van der Waals surface area (Å²) < 4.78 is 3.94.